The van der Waals surface area contributed by atoms with E-state index in [-0.39, 0.29) is 18.6 Å². The van der Waals surface area contributed by atoms with E-state index in [2.05, 4.69) is 29.8 Å². The van der Waals surface area contributed by atoms with Gasteiger partial charge in [0.25, 0.3) is 0 Å². The molecule has 63 heavy (non-hydrogen) atoms. The van der Waals surface area contributed by atoms with Crippen LogP contribution in [-0.2, 0) is 46.6 Å². The van der Waals surface area contributed by atoms with Gasteiger partial charge < -0.3 is 29.3 Å². The maximum Gasteiger partial charge on any atom is 0.472 e. The molecule has 366 valence electrons. The summed E-state index contributed by atoms with van der Waals surface area (Å²) in [5, 5.41) is 9.76. The quantitative estimate of drug-likeness (QED) is 0.0112. The van der Waals surface area contributed by atoms with Crippen molar-refractivity contribution in [1.82, 2.24) is 0 Å². The summed E-state index contributed by atoms with van der Waals surface area (Å²) in [7, 11) is -9.71. The van der Waals surface area contributed by atoms with E-state index in [9.17, 15) is 33.5 Å². The molecule has 0 aliphatic rings. The average Bonchev–Trinajstić information content (AvgIpc) is 3.22. The number of carbonyl (C=O) groups excluding carboxylic acids is 3. The van der Waals surface area contributed by atoms with Crippen molar-refractivity contribution in [1.29, 1.82) is 0 Å². The van der Waals surface area contributed by atoms with Gasteiger partial charge >= 0.3 is 27.6 Å². The molecule has 0 amide bonds. The van der Waals surface area contributed by atoms with Crippen molar-refractivity contribution in [2.75, 3.05) is 26.4 Å². The minimum Gasteiger partial charge on any atom is -0.462 e. The normalized spacial score (nSPS) is 14.3. The number of ether oxygens (including phenoxy) is 2. The van der Waals surface area contributed by atoms with Gasteiger partial charge in [-0.25, -0.2) is 9.13 Å². The van der Waals surface area contributed by atoms with Crippen LogP contribution in [0.4, 0.5) is 0 Å². The van der Waals surface area contributed by atoms with Crippen LogP contribution < -0.4 is 0 Å². The van der Waals surface area contributed by atoms with E-state index in [1.807, 2.05) is 36.5 Å². The van der Waals surface area contributed by atoms with Gasteiger partial charge in [0.15, 0.2) is 11.9 Å². The Morgan fingerprint density at radius 2 is 1.06 bits per heavy atom. The second-order valence-electron chi connectivity index (χ2n) is 16.5. The SMILES string of the molecule is CCCCCC(=O)/C=C/C=C\C/C=C\C/C=C\CCCC(=O)OC[C@H](COP(=O)(O)OC[C@@H](O)COP(=O)(O)O)OC(=O)CCCCCCCCCCCCCCCCCC(C)C. The van der Waals surface area contributed by atoms with E-state index in [0.29, 0.717) is 25.7 Å². The minimum atomic E-state index is -4.88. The number of esters is 2. The van der Waals surface area contributed by atoms with Crippen molar-refractivity contribution in [3.05, 3.63) is 48.6 Å². The van der Waals surface area contributed by atoms with Crippen LogP contribution in [0.25, 0.3) is 0 Å². The average molecular weight is 935 g/mol. The maximum absolute atomic E-state index is 12.7. The second-order valence-corrected chi connectivity index (χ2v) is 19.2. The Balaban J connectivity index is 4.57. The zero-order valence-electron chi connectivity index (χ0n) is 38.8. The molecule has 0 rings (SSSR count). The standard InChI is InChI=1S/C47H84O14P2/c1-4-5-28-34-43(48)35-30-25-21-17-13-11-15-18-22-26-31-36-46(50)57-40-45(41-60-63(55,56)59-39-44(49)38-58-62(52,53)54)61-47(51)37-32-27-23-19-14-10-8-6-7-9-12-16-20-24-29-33-42(2)3/h11,13,18,21-22,25,30,35,42,44-45,49H,4-10,12,14-17,19-20,23-24,26-29,31-34,36-41H2,1-3H3,(H,55,56)(H2,52,53,54)/b13-11-,22-18-,25-21-,35-30+/t44-,45+/m0/s1. The molecule has 0 aliphatic heterocycles. The van der Waals surface area contributed by atoms with E-state index in [4.69, 9.17) is 23.8 Å². The van der Waals surface area contributed by atoms with Crippen LogP contribution in [0.5, 0.6) is 0 Å². The number of carbonyl (C=O) groups is 3. The molecule has 16 heteroatoms. The molecule has 0 fully saturated rings. The van der Waals surface area contributed by atoms with Gasteiger partial charge in [0.2, 0.25) is 0 Å². The van der Waals surface area contributed by atoms with Gasteiger partial charge in [0.1, 0.15) is 12.7 Å². The number of aliphatic hydroxyl groups excluding tert-OH is 1. The van der Waals surface area contributed by atoms with Crippen molar-refractivity contribution in [3.8, 4) is 0 Å². The van der Waals surface area contributed by atoms with Crippen molar-refractivity contribution in [2.24, 2.45) is 5.92 Å². The topological polar surface area (TPSA) is 212 Å². The molecule has 3 atom stereocenters. The third-order valence-electron chi connectivity index (χ3n) is 9.86. The number of unbranched alkanes of at least 4 members (excludes halogenated alkanes) is 17. The monoisotopic (exact) mass is 935 g/mol. The van der Waals surface area contributed by atoms with Crippen LogP contribution in [0.15, 0.2) is 48.6 Å². The Morgan fingerprint density at radius 1 is 0.556 bits per heavy atom. The summed E-state index contributed by atoms with van der Waals surface area (Å²) in [6, 6.07) is 0. The van der Waals surface area contributed by atoms with Crippen molar-refractivity contribution >= 4 is 33.4 Å². The van der Waals surface area contributed by atoms with Gasteiger partial charge in [-0.15, -0.1) is 0 Å². The molecule has 1 unspecified atom stereocenters. The Labute approximate surface area is 379 Å². The molecule has 0 aliphatic carbocycles. The molecule has 4 N–H and O–H groups in total. The smallest absolute Gasteiger partial charge is 0.462 e. The van der Waals surface area contributed by atoms with Gasteiger partial charge in [0, 0.05) is 19.3 Å². The highest BCUT2D eigenvalue weighted by molar-refractivity contribution is 7.47. The number of allylic oxidation sites excluding steroid dienone is 8. The lowest BCUT2D eigenvalue weighted by Crippen LogP contribution is -2.30. The summed E-state index contributed by atoms with van der Waals surface area (Å²) in [6.45, 7) is 3.87. The van der Waals surface area contributed by atoms with E-state index in [1.54, 1.807) is 12.2 Å². The molecule has 0 saturated carbocycles. The lowest BCUT2D eigenvalue weighted by Gasteiger charge is -2.20. The van der Waals surface area contributed by atoms with E-state index < -0.39 is 66.2 Å². The van der Waals surface area contributed by atoms with Gasteiger partial charge in [0.05, 0.1) is 19.8 Å². The molecule has 0 aromatic heterocycles. The first kappa shape index (κ1) is 60.8. The molecule has 0 bridgehead atoms. The lowest BCUT2D eigenvalue weighted by molar-refractivity contribution is -0.161. The number of rotatable bonds is 44. The zero-order valence-corrected chi connectivity index (χ0v) is 40.6. The number of hydrogen-bond donors (Lipinski definition) is 4. The summed E-state index contributed by atoms with van der Waals surface area (Å²) >= 11 is 0. The van der Waals surface area contributed by atoms with Crippen molar-refractivity contribution in [3.63, 3.8) is 0 Å². The first-order valence-corrected chi connectivity index (χ1v) is 26.7. The van der Waals surface area contributed by atoms with Crippen LogP contribution in [0.3, 0.4) is 0 Å². The summed E-state index contributed by atoms with van der Waals surface area (Å²) in [5.41, 5.74) is 0. The summed E-state index contributed by atoms with van der Waals surface area (Å²) < 4.78 is 47.8. The fourth-order valence-corrected chi connectivity index (χ4v) is 7.40. The summed E-state index contributed by atoms with van der Waals surface area (Å²) in [4.78, 5) is 64.5. The summed E-state index contributed by atoms with van der Waals surface area (Å²) in [6.07, 6.45) is 38.1. The lowest BCUT2D eigenvalue weighted by atomic mass is 10.0. The van der Waals surface area contributed by atoms with Gasteiger partial charge in [-0.05, 0) is 50.5 Å². The van der Waals surface area contributed by atoms with Crippen LogP contribution in [0.2, 0.25) is 0 Å². The fraction of sp³-hybridized carbons (Fsp3) is 0.766. The number of ketones is 1. The molecule has 0 aromatic carbocycles. The van der Waals surface area contributed by atoms with Gasteiger partial charge in [-0.1, -0.05) is 172 Å². The molecular weight excluding hydrogens is 850 g/mol. The molecule has 0 radical (unpaired) electrons. The largest absolute Gasteiger partial charge is 0.472 e. The Kier molecular flexibility index (Phi) is 39.7. The Hall–Kier alpha value is -2.25. The first-order chi connectivity index (χ1) is 30.1. The second kappa shape index (κ2) is 41.2. The van der Waals surface area contributed by atoms with Crippen molar-refractivity contribution in [2.45, 2.75) is 200 Å². The first-order valence-electron chi connectivity index (χ1n) is 23.6. The third-order valence-corrected chi connectivity index (χ3v) is 11.3. The highest BCUT2D eigenvalue weighted by Gasteiger charge is 2.28. The molecule has 0 saturated heterocycles. The summed E-state index contributed by atoms with van der Waals surface area (Å²) in [5.74, 6) is -0.171. The van der Waals surface area contributed by atoms with Gasteiger partial charge in [-0.2, -0.15) is 0 Å². The predicted octanol–water partition coefficient (Wildman–Crippen LogP) is 11.7. The van der Waals surface area contributed by atoms with E-state index >= 15 is 0 Å². The minimum absolute atomic E-state index is 0.0933. The number of hydrogen-bond acceptors (Lipinski definition) is 11. The number of phosphoric ester groups is 2. The van der Waals surface area contributed by atoms with Crippen molar-refractivity contribution < 1.29 is 66.3 Å². The molecular formula is C47H84O14P2. The van der Waals surface area contributed by atoms with Crippen LogP contribution in [0.1, 0.15) is 188 Å². The van der Waals surface area contributed by atoms with Crippen LogP contribution >= 0.6 is 15.6 Å². The fourth-order valence-electron chi connectivity index (χ4n) is 6.25. The van der Waals surface area contributed by atoms with Gasteiger partial charge in [-0.3, -0.25) is 28.0 Å². The van der Waals surface area contributed by atoms with Crippen LogP contribution in [0, 0.1) is 5.92 Å². The molecule has 0 heterocycles. The molecule has 0 aromatic rings. The Bertz CT molecular complexity index is 1370. The van der Waals surface area contributed by atoms with E-state index in [0.717, 1.165) is 63.7 Å². The van der Waals surface area contributed by atoms with E-state index in [1.165, 1.54) is 70.6 Å². The Morgan fingerprint density at radius 3 is 1.65 bits per heavy atom. The maximum atomic E-state index is 12.7. The number of phosphoric acid groups is 2. The molecule has 14 nitrogen and oxygen atoms in total. The highest BCUT2D eigenvalue weighted by Crippen LogP contribution is 2.43. The van der Waals surface area contributed by atoms with Crippen LogP contribution in [-0.4, -0.2) is 76.1 Å². The number of aliphatic hydroxyl groups is 1. The predicted molar refractivity (Wildman–Crippen MR) is 249 cm³/mol. The molecule has 0 spiro atoms. The zero-order chi connectivity index (χ0) is 46.9. The third kappa shape index (κ3) is 46.1. The highest BCUT2D eigenvalue weighted by atomic mass is 31.2.